The van der Waals surface area contributed by atoms with E-state index in [4.69, 9.17) is 0 Å². The van der Waals surface area contributed by atoms with E-state index in [1.807, 2.05) is 4.89 Å². The van der Waals surface area contributed by atoms with Gasteiger partial charge in [-0.1, -0.05) is 17.0 Å². The van der Waals surface area contributed by atoms with E-state index >= 15 is 0 Å². The smallest absolute Gasteiger partial charge is 0.242 e. The van der Waals surface area contributed by atoms with Gasteiger partial charge in [0, 0.05) is 14.1 Å². The summed E-state index contributed by atoms with van der Waals surface area (Å²) in [5, 5.41) is 0. The van der Waals surface area contributed by atoms with Gasteiger partial charge in [0.1, 0.15) is 0 Å². The molecule has 0 aromatic heterocycles. The van der Waals surface area contributed by atoms with Gasteiger partial charge >= 0.3 is 0 Å². The average Bonchev–Trinajstić information content (AvgIpc) is 2.37. The number of hydrogen-bond donors (Lipinski definition) is 1. The maximum absolute atomic E-state index is 11.8. The first-order valence-corrected chi connectivity index (χ1v) is 8.82. The van der Waals surface area contributed by atoms with E-state index < -0.39 is 20.0 Å². The van der Waals surface area contributed by atoms with Gasteiger partial charge in [0.05, 0.1) is 17.8 Å². The molecule has 0 bridgehead atoms. The number of nitrogens with zero attached hydrogens (tertiary/aromatic N) is 1. The summed E-state index contributed by atoms with van der Waals surface area (Å²) in [7, 11) is -2.82. The predicted molar refractivity (Wildman–Crippen MR) is 75.0 cm³/mol. The quantitative estimate of drug-likeness (QED) is 0.711. The van der Waals surface area contributed by atoms with Crippen molar-refractivity contribution >= 4 is 20.0 Å². The van der Waals surface area contributed by atoms with Crippen LogP contribution in [0.3, 0.4) is 0 Å². The minimum Gasteiger partial charge on any atom is -0.290 e. The van der Waals surface area contributed by atoms with Crippen LogP contribution in [0, 0.1) is 0 Å². The number of hydrogen-bond acceptors (Lipinski definition) is 5. The zero-order valence-electron chi connectivity index (χ0n) is 11.5. The first kappa shape index (κ1) is 17.1. The monoisotopic (exact) mass is 322 g/mol. The van der Waals surface area contributed by atoms with E-state index in [1.54, 1.807) is 12.1 Å². The van der Waals surface area contributed by atoms with E-state index in [-0.39, 0.29) is 17.1 Å². The van der Waals surface area contributed by atoms with Crippen molar-refractivity contribution in [1.82, 2.24) is 9.19 Å². The Morgan fingerprint density at radius 1 is 1.10 bits per heavy atom. The first-order chi connectivity index (χ1) is 9.19. The number of benzene rings is 1. The highest BCUT2D eigenvalue weighted by Gasteiger charge is 2.17. The summed E-state index contributed by atoms with van der Waals surface area (Å²) in [6, 6.07) is 6.11. The SMILES string of the molecule is CONS(=O)(=O)CCc1ccc(S(=O)(=O)N(C)C)cc1. The lowest BCUT2D eigenvalue weighted by molar-refractivity contribution is 0.153. The summed E-state index contributed by atoms with van der Waals surface area (Å²) in [5.41, 5.74) is 0.726. The topological polar surface area (TPSA) is 92.8 Å². The third kappa shape index (κ3) is 4.53. The van der Waals surface area contributed by atoms with E-state index in [0.29, 0.717) is 0 Å². The fourth-order valence-electron chi connectivity index (χ4n) is 1.46. The molecule has 0 radical (unpaired) electrons. The molecule has 0 aliphatic heterocycles. The molecule has 0 unspecified atom stereocenters. The van der Waals surface area contributed by atoms with Crippen LogP contribution in [0.15, 0.2) is 29.2 Å². The van der Waals surface area contributed by atoms with Gasteiger partial charge in [-0.15, -0.1) is 0 Å². The van der Waals surface area contributed by atoms with Gasteiger partial charge < -0.3 is 0 Å². The number of sulfonamides is 2. The molecule has 0 aliphatic rings. The molecule has 114 valence electrons. The van der Waals surface area contributed by atoms with Gasteiger partial charge in [-0.3, -0.25) is 4.84 Å². The van der Waals surface area contributed by atoms with Crippen LogP contribution in [0.1, 0.15) is 5.56 Å². The summed E-state index contributed by atoms with van der Waals surface area (Å²) in [4.78, 5) is 6.45. The molecule has 20 heavy (non-hydrogen) atoms. The van der Waals surface area contributed by atoms with Gasteiger partial charge in [0.25, 0.3) is 0 Å². The van der Waals surface area contributed by atoms with Crippen molar-refractivity contribution in [3.63, 3.8) is 0 Å². The minimum atomic E-state index is -3.48. The number of aryl methyl sites for hydroxylation is 1. The summed E-state index contributed by atoms with van der Waals surface area (Å²) in [6.07, 6.45) is 0.265. The molecule has 0 aliphatic carbocycles. The van der Waals surface area contributed by atoms with Crippen LogP contribution in [0.5, 0.6) is 0 Å². The number of rotatable bonds is 7. The third-order valence-corrected chi connectivity index (χ3v) is 5.56. The molecule has 1 aromatic carbocycles. The third-order valence-electron chi connectivity index (χ3n) is 2.57. The standard InChI is InChI=1S/C11H18N2O5S2/c1-13(2)20(16,17)11-6-4-10(5-7-11)8-9-19(14,15)12-18-3/h4-7,12H,8-9H2,1-3H3. The lowest BCUT2D eigenvalue weighted by Gasteiger charge is -2.11. The second kappa shape index (κ2) is 6.64. The molecule has 0 heterocycles. The van der Waals surface area contributed by atoms with Crippen molar-refractivity contribution in [2.75, 3.05) is 27.0 Å². The lowest BCUT2D eigenvalue weighted by Crippen LogP contribution is -2.26. The second-order valence-electron chi connectivity index (χ2n) is 4.29. The first-order valence-electron chi connectivity index (χ1n) is 5.73. The largest absolute Gasteiger partial charge is 0.290 e. The van der Waals surface area contributed by atoms with Crippen LogP contribution >= 0.6 is 0 Å². The molecular formula is C11H18N2O5S2. The highest BCUT2D eigenvalue weighted by atomic mass is 32.2. The molecule has 0 saturated carbocycles. The van der Waals surface area contributed by atoms with Gasteiger partial charge in [-0.05, 0) is 24.1 Å². The van der Waals surface area contributed by atoms with Crippen LogP contribution in [-0.2, 0) is 31.3 Å². The predicted octanol–water partition coefficient (Wildman–Crippen LogP) is -0.0398. The molecule has 0 amide bonds. The molecule has 0 fully saturated rings. The minimum absolute atomic E-state index is 0.138. The maximum atomic E-state index is 11.8. The normalized spacial score (nSPS) is 12.8. The van der Waals surface area contributed by atoms with E-state index in [1.165, 1.54) is 33.3 Å². The molecule has 0 atom stereocenters. The Bertz CT molecular complexity index is 636. The lowest BCUT2D eigenvalue weighted by atomic mass is 10.2. The van der Waals surface area contributed by atoms with Crippen molar-refractivity contribution in [2.45, 2.75) is 11.3 Å². The van der Waals surface area contributed by atoms with E-state index in [2.05, 4.69) is 4.84 Å². The van der Waals surface area contributed by atoms with Crippen molar-refractivity contribution in [2.24, 2.45) is 0 Å². The van der Waals surface area contributed by atoms with Gasteiger partial charge in [-0.2, -0.15) is 0 Å². The van der Waals surface area contributed by atoms with Gasteiger partial charge in [0.2, 0.25) is 20.0 Å². The summed E-state index contributed by atoms with van der Waals surface area (Å²) in [6.45, 7) is 0. The summed E-state index contributed by atoms with van der Waals surface area (Å²) >= 11 is 0. The Morgan fingerprint density at radius 2 is 1.65 bits per heavy atom. The van der Waals surface area contributed by atoms with Crippen molar-refractivity contribution in [1.29, 1.82) is 0 Å². The highest BCUT2D eigenvalue weighted by Crippen LogP contribution is 2.14. The molecule has 0 saturated heterocycles. The Labute approximate surface area is 119 Å². The fraction of sp³-hybridized carbons (Fsp3) is 0.455. The van der Waals surface area contributed by atoms with Crippen LogP contribution in [0.4, 0.5) is 0 Å². The van der Waals surface area contributed by atoms with Gasteiger partial charge in [0.15, 0.2) is 0 Å². The van der Waals surface area contributed by atoms with Crippen LogP contribution in [0.2, 0.25) is 0 Å². The molecule has 9 heteroatoms. The molecule has 0 spiro atoms. The highest BCUT2D eigenvalue weighted by molar-refractivity contribution is 7.89. The van der Waals surface area contributed by atoms with Crippen LogP contribution < -0.4 is 4.89 Å². The molecule has 7 nitrogen and oxygen atoms in total. The van der Waals surface area contributed by atoms with Crippen LogP contribution in [0.25, 0.3) is 0 Å². The molecule has 1 aromatic rings. The van der Waals surface area contributed by atoms with E-state index in [9.17, 15) is 16.8 Å². The number of nitrogens with one attached hydrogen (secondary N) is 1. The Hall–Kier alpha value is -1.00. The molecule has 1 N–H and O–H groups in total. The fourth-order valence-corrected chi connectivity index (χ4v) is 3.20. The van der Waals surface area contributed by atoms with Crippen molar-refractivity contribution in [3.8, 4) is 0 Å². The molecule has 1 rings (SSSR count). The average molecular weight is 322 g/mol. The zero-order chi connectivity index (χ0) is 15.4. The molecular weight excluding hydrogens is 304 g/mol. The Kier molecular flexibility index (Phi) is 5.66. The summed E-state index contributed by atoms with van der Waals surface area (Å²) < 4.78 is 47.6. The second-order valence-corrected chi connectivity index (χ2v) is 8.24. The van der Waals surface area contributed by atoms with Gasteiger partial charge in [-0.25, -0.2) is 21.1 Å². The zero-order valence-corrected chi connectivity index (χ0v) is 13.2. The van der Waals surface area contributed by atoms with E-state index in [0.717, 1.165) is 9.87 Å². The Morgan fingerprint density at radius 3 is 2.10 bits per heavy atom. The van der Waals surface area contributed by atoms with Crippen molar-refractivity contribution in [3.05, 3.63) is 29.8 Å². The Balaban J connectivity index is 2.79. The summed E-state index contributed by atoms with van der Waals surface area (Å²) in [5.74, 6) is -0.138. The maximum Gasteiger partial charge on any atom is 0.242 e. The van der Waals surface area contributed by atoms with Crippen LogP contribution in [-0.4, -0.2) is 48.1 Å². The van der Waals surface area contributed by atoms with Crippen molar-refractivity contribution < 1.29 is 21.7 Å².